The summed E-state index contributed by atoms with van der Waals surface area (Å²) in [5.41, 5.74) is 4.09. The lowest BCUT2D eigenvalue weighted by molar-refractivity contribution is 0.0546. The molecule has 0 aromatic heterocycles. The SMILES string of the molecule is O=C(c1ccc2c(c1)Cc1cccc(c1)CNCCOCCO2)N1CCC(O)CC1. The van der Waals surface area contributed by atoms with Gasteiger partial charge in [-0.15, -0.1) is 0 Å². The molecule has 30 heavy (non-hydrogen) atoms. The molecule has 0 radical (unpaired) electrons. The van der Waals surface area contributed by atoms with Crippen LogP contribution in [0.5, 0.6) is 5.75 Å². The molecule has 0 aliphatic carbocycles. The van der Waals surface area contributed by atoms with Crippen molar-refractivity contribution in [2.75, 3.05) is 39.5 Å². The average molecular weight is 411 g/mol. The number of aliphatic hydroxyl groups excluding tert-OH is 1. The van der Waals surface area contributed by atoms with Gasteiger partial charge in [-0.05, 0) is 47.7 Å². The molecule has 2 bridgehead atoms. The van der Waals surface area contributed by atoms with Gasteiger partial charge in [0.2, 0.25) is 0 Å². The number of amides is 1. The van der Waals surface area contributed by atoms with E-state index in [1.54, 1.807) is 0 Å². The van der Waals surface area contributed by atoms with Crippen LogP contribution in [0.25, 0.3) is 0 Å². The third kappa shape index (κ3) is 5.39. The quantitative estimate of drug-likeness (QED) is 0.755. The second kappa shape index (κ2) is 10.1. The molecule has 0 saturated carbocycles. The molecular weight excluding hydrogens is 380 g/mol. The van der Waals surface area contributed by atoms with Crippen molar-refractivity contribution in [2.24, 2.45) is 0 Å². The highest BCUT2D eigenvalue weighted by Gasteiger charge is 2.23. The third-order valence-corrected chi connectivity index (χ3v) is 5.68. The predicted molar refractivity (Wildman–Crippen MR) is 115 cm³/mol. The van der Waals surface area contributed by atoms with Crippen molar-refractivity contribution in [1.29, 1.82) is 0 Å². The molecule has 0 atom stereocenters. The number of carbonyl (C=O) groups is 1. The number of carbonyl (C=O) groups excluding carboxylic acids is 1. The molecule has 6 nitrogen and oxygen atoms in total. The number of nitrogens with zero attached hydrogens (tertiary/aromatic N) is 1. The van der Waals surface area contributed by atoms with Gasteiger partial charge >= 0.3 is 0 Å². The number of hydrogen-bond acceptors (Lipinski definition) is 5. The summed E-state index contributed by atoms with van der Waals surface area (Å²) in [6, 6.07) is 14.2. The van der Waals surface area contributed by atoms with Crippen molar-refractivity contribution < 1.29 is 19.4 Å². The summed E-state index contributed by atoms with van der Waals surface area (Å²) in [5, 5.41) is 13.1. The molecule has 2 aliphatic rings. The van der Waals surface area contributed by atoms with Crippen molar-refractivity contribution in [1.82, 2.24) is 10.2 Å². The van der Waals surface area contributed by atoms with Crippen molar-refractivity contribution in [3.8, 4) is 5.75 Å². The molecule has 1 fully saturated rings. The topological polar surface area (TPSA) is 71.0 Å². The van der Waals surface area contributed by atoms with Crippen LogP contribution in [-0.4, -0.2) is 61.5 Å². The van der Waals surface area contributed by atoms with Crippen LogP contribution in [0.3, 0.4) is 0 Å². The zero-order valence-corrected chi connectivity index (χ0v) is 17.3. The molecule has 2 heterocycles. The van der Waals surface area contributed by atoms with E-state index in [1.807, 2.05) is 23.1 Å². The number of piperidine rings is 1. The van der Waals surface area contributed by atoms with E-state index >= 15 is 0 Å². The Hall–Kier alpha value is -2.41. The molecule has 4 rings (SSSR count). The lowest BCUT2D eigenvalue weighted by Gasteiger charge is -2.29. The molecule has 0 unspecified atom stereocenters. The first-order valence-electron chi connectivity index (χ1n) is 10.8. The highest BCUT2D eigenvalue weighted by Crippen LogP contribution is 2.25. The van der Waals surface area contributed by atoms with Gasteiger partial charge in [0.1, 0.15) is 12.4 Å². The van der Waals surface area contributed by atoms with Crippen LogP contribution >= 0.6 is 0 Å². The zero-order chi connectivity index (χ0) is 20.8. The molecule has 6 heteroatoms. The lowest BCUT2D eigenvalue weighted by Crippen LogP contribution is -2.40. The number of nitrogens with one attached hydrogen (secondary N) is 1. The van der Waals surface area contributed by atoms with Crippen LogP contribution in [0.2, 0.25) is 0 Å². The molecule has 2 aromatic carbocycles. The van der Waals surface area contributed by atoms with Crippen LogP contribution < -0.4 is 10.1 Å². The fraction of sp³-hybridized carbons (Fsp3) is 0.458. The summed E-state index contributed by atoms with van der Waals surface area (Å²) in [5.74, 6) is 0.815. The summed E-state index contributed by atoms with van der Waals surface area (Å²) in [4.78, 5) is 14.8. The molecule has 1 amide bonds. The molecule has 160 valence electrons. The van der Waals surface area contributed by atoms with E-state index in [-0.39, 0.29) is 12.0 Å². The van der Waals surface area contributed by atoms with Crippen molar-refractivity contribution in [3.05, 3.63) is 64.7 Å². The summed E-state index contributed by atoms with van der Waals surface area (Å²) in [7, 11) is 0. The maximum absolute atomic E-state index is 13.0. The Morgan fingerprint density at radius 1 is 1.03 bits per heavy atom. The van der Waals surface area contributed by atoms with Gasteiger partial charge < -0.3 is 24.8 Å². The van der Waals surface area contributed by atoms with Crippen LogP contribution in [-0.2, 0) is 17.7 Å². The Labute approximate surface area is 177 Å². The third-order valence-electron chi connectivity index (χ3n) is 5.68. The van der Waals surface area contributed by atoms with Gasteiger partial charge in [-0.25, -0.2) is 0 Å². The maximum atomic E-state index is 13.0. The fourth-order valence-corrected chi connectivity index (χ4v) is 4.00. The number of aliphatic hydroxyl groups is 1. The normalized spacial score (nSPS) is 18.8. The monoisotopic (exact) mass is 410 g/mol. The van der Waals surface area contributed by atoms with E-state index in [2.05, 4.69) is 29.6 Å². The first-order chi connectivity index (χ1) is 14.7. The summed E-state index contributed by atoms with van der Waals surface area (Å²) < 4.78 is 11.6. The molecule has 2 aromatic rings. The number of fused-ring (bicyclic) bond motifs is 3. The van der Waals surface area contributed by atoms with E-state index in [1.165, 1.54) is 11.1 Å². The minimum absolute atomic E-state index is 0.0189. The van der Waals surface area contributed by atoms with E-state index < -0.39 is 0 Å². The Kier molecular flexibility index (Phi) is 7.00. The number of likely N-dealkylation sites (tertiary alicyclic amines) is 1. The van der Waals surface area contributed by atoms with Gasteiger partial charge in [-0.1, -0.05) is 24.3 Å². The first kappa shape index (κ1) is 20.8. The van der Waals surface area contributed by atoms with Crippen molar-refractivity contribution in [3.63, 3.8) is 0 Å². The molecule has 1 saturated heterocycles. The van der Waals surface area contributed by atoms with E-state index in [0.29, 0.717) is 57.7 Å². The zero-order valence-electron chi connectivity index (χ0n) is 17.3. The van der Waals surface area contributed by atoms with E-state index in [9.17, 15) is 9.90 Å². The Bertz CT molecular complexity index is 862. The summed E-state index contributed by atoms with van der Waals surface area (Å²) in [6.45, 7) is 4.46. The molecular formula is C24H30N2O4. The summed E-state index contributed by atoms with van der Waals surface area (Å²) in [6.07, 6.45) is 1.68. The number of ether oxygens (including phenoxy) is 2. The summed E-state index contributed by atoms with van der Waals surface area (Å²) >= 11 is 0. The Morgan fingerprint density at radius 3 is 2.73 bits per heavy atom. The Balaban J connectivity index is 1.59. The van der Waals surface area contributed by atoms with Gasteiger partial charge in [-0.3, -0.25) is 4.79 Å². The minimum atomic E-state index is -0.295. The lowest BCUT2D eigenvalue weighted by atomic mass is 9.99. The average Bonchev–Trinajstić information content (AvgIpc) is 2.76. The number of rotatable bonds is 1. The molecule has 0 spiro atoms. The smallest absolute Gasteiger partial charge is 0.253 e. The standard InChI is InChI=1S/C24H30N2O4/c27-22-6-9-26(10-7-22)24(28)20-4-5-23-21(16-20)15-18-2-1-3-19(14-18)17-25-8-11-29-12-13-30-23/h1-5,14,16,22,25,27H,6-13,15,17H2. The van der Waals surface area contributed by atoms with Gasteiger partial charge in [-0.2, -0.15) is 0 Å². The van der Waals surface area contributed by atoms with Crippen molar-refractivity contribution >= 4 is 5.91 Å². The van der Waals surface area contributed by atoms with E-state index in [4.69, 9.17) is 9.47 Å². The highest BCUT2D eigenvalue weighted by atomic mass is 16.5. The molecule has 2 N–H and O–H groups in total. The minimum Gasteiger partial charge on any atom is -0.491 e. The maximum Gasteiger partial charge on any atom is 0.253 e. The molecule has 2 aliphatic heterocycles. The largest absolute Gasteiger partial charge is 0.491 e. The van der Waals surface area contributed by atoms with E-state index in [0.717, 1.165) is 24.4 Å². The second-order valence-corrected chi connectivity index (χ2v) is 7.98. The second-order valence-electron chi connectivity index (χ2n) is 7.98. The number of benzene rings is 2. The van der Waals surface area contributed by atoms with Crippen LogP contribution in [0, 0.1) is 0 Å². The van der Waals surface area contributed by atoms with Gasteiger partial charge in [0.25, 0.3) is 5.91 Å². The highest BCUT2D eigenvalue weighted by molar-refractivity contribution is 5.94. The van der Waals surface area contributed by atoms with Gasteiger partial charge in [0.05, 0.1) is 19.3 Å². The fourth-order valence-electron chi connectivity index (χ4n) is 4.00. The van der Waals surface area contributed by atoms with Gasteiger partial charge in [0.15, 0.2) is 0 Å². The van der Waals surface area contributed by atoms with Crippen LogP contribution in [0.15, 0.2) is 42.5 Å². The number of hydrogen-bond donors (Lipinski definition) is 2. The van der Waals surface area contributed by atoms with Crippen molar-refractivity contribution in [2.45, 2.75) is 31.9 Å². The first-order valence-corrected chi connectivity index (χ1v) is 10.8. The Morgan fingerprint density at radius 2 is 1.87 bits per heavy atom. The predicted octanol–water partition coefficient (Wildman–Crippen LogP) is 2.37. The van der Waals surface area contributed by atoms with Crippen LogP contribution in [0.4, 0.5) is 0 Å². The van der Waals surface area contributed by atoms with Gasteiger partial charge in [0, 0.05) is 38.2 Å². The van der Waals surface area contributed by atoms with Crippen LogP contribution in [0.1, 0.15) is 39.9 Å².